The van der Waals surface area contributed by atoms with Crippen LogP contribution in [0.4, 0.5) is 11.4 Å². The minimum Gasteiger partial charge on any atom is -0.457 e. The van der Waals surface area contributed by atoms with E-state index in [1.54, 1.807) is 48.5 Å². The molecule has 0 fully saturated rings. The molecule has 6 heteroatoms. The highest BCUT2D eigenvalue weighted by molar-refractivity contribution is 7.80. The first-order chi connectivity index (χ1) is 8.63. The summed E-state index contributed by atoms with van der Waals surface area (Å²) in [7, 11) is 0. The quantitative estimate of drug-likeness (QED) is 0.585. The second-order valence-electron chi connectivity index (χ2n) is 3.55. The van der Waals surface area contributed by atoms with Gasteiger partial charge >= 0.3 is 0 Å². The average Bonchev–Trinajstić information content (AvgIpc) is 2.34. The van der Waals surface area contributed by atoms with Crippen molar-refractivity contribution in [3.8, 4) is 11.5 Å². The van der Waals surface area contributed by atoms with Crippen LogP contribution in [-0.2, 0) is 11.3 Å². The number of hydrogen-bond donors (Lipinski definition) is 3. The van der Waals surface area contributed by atoms with Crippen LogP contribution in [0, 0.1) is 0 Å². The fourth-order valence-corrected chi connectivity index (χ4v) is 1.70. The van der Waals surface area contributed by atoms with Crippen molar-refractivity contribution in [2.45, 2.75) is 0 Å². The molecular formula is C12H12N2O3S. The first kappa shape index (κ1) is 12.4. The third kappa shape index (κ3) is 3.47. The maximum absolute atomic E-state index is 10.5. The van der Waals surface area contributed by atoms with Gasteiger partial charge in [-0.15, -0.1) is 0 Å². The zero-order chi connectivity index (χ0) is 13.0. The van der Waals surface area contributed by atoms with Crippen LogP contribution in [0.25, 0.3) is 0 Å². The molecular weight excluding hydrogens is 252 g/mol. The molecule has 0 saturated carbocycles. The highest BCUT2D eigenvalue weighted by Crippen LogP contribution is 2.23. The van der Waals surface area contributed by atoms with E-state index in [9.17, 15) is 4.21 Å². The van der Waals surface area contributed by atoms with E-state index in [4.69, 9.17) is 15.0 Å². The van der Waals surface area contributed by atoms with Crippen LogP contribution in [0.5, 0.6) is 11.5 Å². The number of rotatable bonds is 4. The van der Waals surface area contributed by atoms with Gasteiger partial charge in [0.15, 0.2) is 0 Å². The molecule has 1 unspecified atom stereocenters. The lowest BCUT2D eigenvalue weighted by molar-refractivity contribution is 0.483. The molecule has 2 aromatic carbocycles. The Morgan fingerprint density at radius 1 is 1.00 bits per heavy atom. The maximum Gasteiger partial charge on any atom is 0.259 e. The molecule has 0 amide bonds. The number of nitrogens with one attached hydrogen (secondary N) is 1. The number of hydrogen-bond acceptors (Lipinski definition) is 3. The number of nitrogens with two attached hydrogens (primary N) is 1. The Bertz CT molecular complexity index is 540. The summed E-state index contributed by atoms with van der Waals surface area (Å²) in [6, 6.07) is 13.7. The predicted molar refractivity (Wildman–Crippen MR) is 71.8 cm³/mol. The molecule has 0 aromatic heterocycles. The smallest absolute Gasteiger partial charge is 0.259 e. The maximum atomic E-state index is 10.5. The summed E-state index contributed by atoms with van der Waals surface area (Å²) < 4.78 is 27.1. The van der Waals surface area contributed by atoms with Gasteiger partial charge in [-0.3, -0.25) is 9.27 Å². The second kappa shape index (κ2) is 5.52. The summed E-state index contributed by atoms with van der Waals surface area (Å²) in [5, 5.41) is 0. The van der Waals surface area contributed by atoms with Gasteiger partial charge in [0.25, 0.3) is 11.3 Å². The number of benzene rings is 2. The van der Waals surface area contributed by atoms with Gasteiger partial charge in [-0.1, -0.05) is 0 Å². The molecule has 18 heavy (non-hydrogen) atoms. The summed E-state index contributed by atoms with van der Waals surface area (Å²) in [4.78, 5) is 0. The lowest BCUT2D eigenvalue weighted by atomic mass is 10.3. The summed E-state index contributed by atoms with van der Waals surface area (Å²) in [5.74, 6) is 1.31. The van der Waals surface area contributed by atoms with Gasteiger partial charge in [0, 0.05) is 11.4 Å². The largest absolute Gasteiger partial charge is 0.457 e. The van der Waals surface area contributed by atoms with E-state index in [2.05, 4.69) is 4.72 Å². The first-order valence-electron chi connectivity index (χ1n) is 5.14. The molecule has 2 rings (SSSR count). The summed E-state index contributed by atoms with van der Waals surface area (Å²) in [6.07, 6.45) is 0. The molecule has 0 bridgehead atoms. The van der Waals surface area contributed by atoms with Crippen molar-refractivity contribution in [2.24, 2.45) is 0 Å². The van der Waals surface area contributed by atoms with Crippen LogP contribution >= 0.6 is 0 Å². The van der Waals surface area contributed by atoms with Crippen LogP contribution in [0.3, 0.4) is 0 Å². The second-order valence-corrected chi connectivity index (χ2v) is 4.25. The fourth-order valence-electron chi connectivity index (χ4n) is 1.36. The van der Waals surface area contributed by atoms with Crippen molar-refractivity contribution in [1.82, 2.24) is 0 Å². The van der Waals surface area contributed by atoms with Gasteiger partial charge < -0.3 is 10.5 Å². The topological polar surface area (TPSA) is 84.6 Å². The van der Waals surface area contributed by atoms with E-state index < -0.39 is 11.3 Å². The Labute approximate surface area is 107 Å². The van der Waals surface area contributed by atoms with E-state index in [0.717, 1.165) is 0 Å². The first-order valence-corrected chi connectivity index (χ1v) is 6.25. The molecule has 0 aliphatic rings. The summed E-state index contributed by atoms with van der Waals surface area (Å²) in [6.45, 7) is 0. The Morgan fingerprint density at radius 2 is 1.50 bits per heavy atom. The van der Waals surface area contributed by atoms with E-state index in [0.29, 0.717) is 22.9 Å². The fraction of sp³-hybridized carbons (Fsp3) is 0. The van der Waals surface area contributed by atoms with Gasteiger partial charge in [-0.25, -0.2) is 4.21 Å². The van der Waals surface area contributed by atoms with E-state index >= 15 is 0 Å². The van der Waals surface area contributed by atoms with Gasteiger partial charge in [0.2, 0.25) is 0 Å². The Morgan fingerprint density at radius 3 is 2.00 bits per heavy atom. The molecule has 0 saturated heterocycles. The predicted octanol–water partition coefficient (Wildman–Crippen LogP) is 2.61. The molecule has 0 aliphatic heterocycles. The molecule has 4 N–H and O–H groups in total. The zero-order valence-corrected chi connectivity index (χ0v) is 10.2. The average molecular weight is 264 g/mol. The lowest BCUT2D eigenvalue weighted by Gasteiger charge is -2.07. The highest BCUT2D eigenvalue weighted by atomic mass is 32.2. The van der Waals surface area contributed by atoms with Gasteiger partial charge in [-0.2, -0.15) is 0 Å². The van der Waals surface area contributed by atoms with Crippen molar-refractivity contribution in [2.75, 3.05) is 10.5 Å². The number of ether oxygens (including phenoxy) is 1. The molecule has 2 aromatic rings. The van der Waals surface area contributed by atoms with Crippen molar-refractivity contribution in [3.63, 3.8) is 0 Å². The van der Waals surface area contributed by atoms with Gasteiger partial charge in [0.1, 0.15) is 11.5 Å². The lowest BCUT2D eigenvalue weighted by Crippen LogP contribution is -2.01. The zero-order valence-electron chi connectivity index (χ0n) is 9.37. The number of nitrogen functional groups attached to an aromatic ring is 1. The highest BCUT2D eigenvalue weighted by Gasteiger charge is 1.99. The van der Waals surface area contributed by atoms with Crippen molar-refractivity contribution >= 4 is 22.6 Å². The minimum absolute atomic E-state index is 0.542. The van der Waals surface area contributed by atoms with E-state index in [-0.39, 0.29) is 0 Å². The third-order valence-electron chi connectivity index (χ3n) is 2.18. The molecule has 0 heterocycles. The van der Waals surface area contributed by atoms with Crippen LogP contribution in [0.2, 0.25) is 0 Å². The van der Waals surface area contributed by atoms with Crippen LogP contribution < -0.4 is 15.2 Å². The Kier molecular flexibility index (Phi) is 3.81. The van der Waals surface area contributed by atoms with E-state index in [1.165, 1.54) is 0 Å². The third-order valence-corrected chi connectivity index (χ3v) is 2.59. The SMILES string of the molecule is Nc1ccc(Oc2ccc(NS(=O)O)cc2)cc1. The van der Waals surface area contributed by atoms with Crippen LogP contribution in [0.1, 0.15) is 0 Å². The normalized spacial score (nSPS) is 11.8. The molecule has 1 atom stereocenters. The minimum atomic E-state index is -2.07. The molecule has 94 valence electrons. The van der Waals surface area contributed by atoms with Crippen molar-refractivity contribution < 1.29 is 13.5 Å². The van der Waals surface area contributed by atoms with Crippen LogP contribution in [-0.4, -0.2) is 8.76 Å². The Balaban J connectivity index is 2.06. The van der Waals surface area contributed by atoms with Gasteiger partial charge in [0.05, 0.1) is 0 Å². The molecule has 5 nitrogen and oxygen atoms in total. The Hall–Kier alpha value is -2.05. The van der Waals surface area contributed by atoms with E-state index in [1.807, 2.05) is 0 Å². The summed E-state index contributed by atoms with van der Waals surface area (Å²) >= 11 is -2.07. The standard InChI is InChI=1S/C12H12N2O3S/c13-9-1-5-11(6-2-9)17-12-7-3-10(4-8-12)14-18(15)16/h1-8,14H,13H2,(H,15,16). The molecule has 0 spiro atoms. The van der Waals surface area contributed by atoms with Gasteiger partial charge in [-0.05, 0) is 48.5 Å². The molecule has 0 radical (unpaired) electrons. The monoisotopic (exact) mass is 264 g/mol. The van der Waals surface area contributed by atoms with Crippen molar-refractivity contribution in [3.05, 3.63) is 48.5 Å². The van der Waals surface area contributed by atoms with Crippen LogP contribution in [0.15, 0.2) is 48.5 Å². The molecule has 0 aliphatic carbocycles. The van der Waals surface area contributed by atoms with Crippen molar-refractivity contribution in [1.29, 1.82) is 0 Å². The summed E-state index contributed by atoms with van der Waals surface area (Å²) in [5.41, 5.74) is 6.79. The number of anilines is 2.